The monoisotopic (exact) mass is 357 g/mol. The molecule has 0 aromatic heterocycles. The van der Waals surface area contributed by atoms with Crippen molar-refractivity contribution in [2.24, 2.45) is 0 Å². The van der Waals surface area contributed by atoms with Gasteiger partial charge in [0.2, 0.25) is 0 Å². The van der Waals surface area contributed by atoms with Crippen LogP contribution in [0.15, 0.2) is 42.5 Å². The maximum Gasteiger partial charge on any atom is 0.341 e. The van der Waals surface area contributed by atoms with Gasteiger partial charge in [-0.1, -0.05) is 24.3 Å². The van der Waals surface area contributed by atoms with E-state index < -0.39 is 12.6 Å². The topological polar surface area (TPSA) is 84.9 Å². The molecule has 6 nitrogen and oxygen atoms in total. The maximum absolute atomic E-state index is 12.6. The van der Waals surface area contributed by atoms with Crippen molar-refractivity contribution in [2.75, 3.05) is 13.2 Å². The van der Waals surface area contributed by atoms with E-state index in [-0.39, 0.29) is 17.7 Å². The smallest absolute Gasteiger partial charge is 0.341 e. The first-order valence-corrected chi connectivity index (χ1v) is 8.40. The molecule has 2 aromatic carbocycles. The van der Waals surface area contributed by atoms with Crippen LogP contribution in [0.4, 0.5) is 0 Å². The zero-order chi connectivity index (χ0) is 19.1. The normalized spacial score (nSPS) is 11.5. The number of hydrogen-bond donors (Lipinski definition) is 2. The number of benzene rings is 2. The van der Waals surface area contributed by atoms with Crippen molar-refractivity contribution in [3.63, 3.8) is 0 Å². The van der Waals surface area contributed by atoms with E-state index in [0.29, 0.717) is 17.9 Å². The predicted octanol–water partition coefficient (Wildman–Crippen LogP) is 3.35. The van der Waals surface area contributed by atoms with Crippen molar-refractivity contribution in [3.8, 4) is 11.5 Å². The molecule has 1 amide bonds. The van der Waals surface area contributed by atoms with E-state index in [9.17, 15) is 9.59 Å². The Kier molecular flexibility index (Phi) is 6.60. The van der Waals surface area contributed by atoms with Crippen LogP contribution in [0.3, 0.4) is 0 Å². The SMILES string of the molecule is CCOc1cc(C(=O)NC(C)c2ccccc2C)ccc1OCC(=O)O. The molecule has 0 aliphatic heterocycles. The van der Waals surface area contributed by atoms with Crippen molar-refractivity contribution in [1.82, 2.24) is 5.32 Å². The number of carboxylic acids is 1. The first kappa shape index (κ1) is 19.3. The van der Waals surface area contributed by atoms with Crippen molar-refractivity contribution in [3.05, 3.63) is 59.2 Å². The Hall–Kier alpha value is -3.02. The van der Waals surface area contributed by atoms with Gasteiger partial charge in [0.1, 0.15) is 0 Å². The number of nitrogens with one attached hydrogen (secondary N) is 1. The van der Waals surface area contributed by atoms with Gasteiger partial charge < -0.3 is 19.9 Å². The second kappa shape index (κ2) is 8.89. The molecular formula is C20H23NO5. The van der Waals surface area contributed by atoms with Crippen LogP contribution in [0.5, 0.6) is 11.5 Å². The molecule has 138 valence electrons. The third kappa shape index (κ3) is 4.99. The quantitative estimate of drug-likeness (QED) is 0.757. The van der Waals surface area contributed by atoms with Crippen LogP contribution >= 0.6 is 0 Å². The molecule has 0 fully saturated rings. The first-order valence-electron chi connectivity index (χ1n) is 8.40. The molecule has 0 bridgehead atoms. The summed E-state index contributed by atoms with van der Waals surface area (Å²) in [5.74, 6) is -0.699. The van der Waals surface area contributed by atoms with Crippen molar-refractivity contribution in [2.45, 2.75) is 26.8 Å². The molecule has 2 aromatic rings. The molecule has 0 saturated carbocycles. The van der Waals surface area contributed by atoms with Gasteiger partial charge in [0.05, 0.1) is 12.6 Å². The van der Waals surface area contributed by atoms with Crippen LogP contribution in [-0.2, 0) is 4.79 Å². The van der Waals surface area contributed by atoms with E-state index >= 15 is 0 Å². The van der Waals surface area contributed by atoms with Crippen molar-refractivity contribution < 1.29 is 24.2 Å². The third-order valence-corrected chi connectivity index (χ3v) is 3.86. The molecule has 26 heavy (non-hydrogen) atoms. The Morgan fingerprint density at radius 2 is 1.85 bits per heavy atom. The van der Waals surface area contributed by atoms with Gasteiger partial charge in [0, 0.05) is 5.56 Å². The Morgan fingerprint density at radius 1 is 1.12 bits per heavy atom. The van der Waals surface area contributed by atoms with E-state index in [0.717, 1.165) is 11.1 Å². The zero-order valence-corrected chi connectivity index (χ0v) is 15.1. The fourth-order valence-electron chi connectivity index (χ4n) is 2.61. The Balaban J connectivity index is 2.16. The van der Waals surface area contributed by atoms with Crippen molar-refractivity contribution in [1.29, 1.82) is 0 Å². The predicted molar refractivity (Wildman–Crippen MR) is 97.8 cm³/mol. The second-order valence-corrected chi connectivity index (χ2v) is 5.83. The van der Waals surface area contributed by atoms with Gasteiger partial charge in [-0.2, -0.15) is 0 Å². The van der Waals surface area contributed by atoms with E-state index in [1.807, 2.05) is 38.1 Å². The Morgan fingerprint density at radius 3 is 2.50 bits per heavy atom. The number of rotatable bonds is 8. The number of carboxylic acid groups (broad SMARTS) is 1. The highest BCUT2D eigenvalue weighted by molar-refractivity contribution is 5.95. The van der Waals surface area contributed by atoms with Crippen LogP contribution < -0.4 is 14.8 Å². The highest BCUT2D eigenvalue weighted by Gasteiger charge is 2.16. The summed E-state index contributed by atoms with van der Waals surface area (Å²) in [6, 6.07) is 12.4. The minimum Gasteiger partial charge on any atom is -0.490 e. The number of carbonyl (C=O) groups excluding carboxylic acids is 1. The van der Waals surface area contributed by atoms with E-state index in [1.54, 1.807) is 25.1 Å². The summed E-state index contributed by atoms with van der Waals surface area (Å²) in [5, 5.41) is 11.7. The molecular weight excluding hydrogens is 334 g/mol. The van der Waals surface area contributed by atoms with Gasteiger partial charge in [-0.25, -0.2) is 4.79 Å². The summed E-state index contributed by atoms with van der Waals surface area (Å²) in [6.07, 6.45) is 0. The summed E-state index contributed by atoms with van der Waals surface area (Å²) in [6.45, 7) is 5.62. The van der Waals surface area contributed by atoms with Crippen LogP contribution in [0.2, 0.25) is 0 Å². The number of aliphatic carboxylic acids is 1. The second-order valence-electron chi connectivity index (χ2n) is 5.83. The van der Waals surface area contributed by atoms with Crippen LogP contribution in [-0.4, -0.2) is 30.2 Å². The summed E-state index contributed by atoms with van der Waals surface area (Å²) in [7, 11) is 0. The van der Waals surface area contributed by atoms with Crippen LogP contribution in [0.1, 0.15) is 41.4 Å². The lowest BCUT2D eigenvalue weighted by Crippen LogP contribution is -2.27. The highest BCUT2D eigenvalue weighted by atomic mass is 16.5. The number of ether oxygens (including phenoxy) is 2. The Bertz CT molecular complexity index is 788. The van der Waals surface area contributed by atoms with Gasteiger partial charge in [0.25, 0.3) is 5.91 Å². The fourth-order valence-corrected chi connectivity index (χ4v) is 2.61. The van der Waals surface area contributed by atoms with E-state index in [4.69, 9.17) is 14.6 Å². The number of carbonyl (C=O) groups is 2. The summed E-state index contributed by atoms with van der Waals surface area (Å²) < 4.78 is 10.7. The summed E-state index contributed by atoms with van der Waals surface area (Å²) in [4.78, 5) is 23.2. The minimum absolute atomic E-state index is 0.151. The molecule has 1 unspecified atom stereocenters. The third-order valence-electron chi connectivity index (χ3n) is 3.86. The number of aryl methyl sites for hydroxylation is 1. The molecule has 0 aliphatic rings. The van der Waals surface area contributed by atoms with Gasteiger partial charge in [-0.15, -0.1) is 0 Å². The van der Waals surface area contributed by atoms with Crippen LogP contribution in [0, 0.1) is 6.92 Å². The molecule has 0 aliphatic carbocycles. The highest BCUT2D eigenvalue weighted by Crippen LogP contribution is 2.29. The molecule has 1 atom stereocenters. The van der Waals surface area contributed by atoms with E-state index in [2.05, 4.69) is 5.32 Å². The lowest BCUT2D eigenvalue weighted by molar-refractivity contribution is -0.139. The lowest BCUT2D eigenvalue weighted by Gasteiger charge is -2.17. The lowest BCUT2D eigenvalue weighted by atomic mass is 10.0. The fraction of sp³-hybridized carbons (Fsp3) is 0.300. The van der Waals surface area contributed by atoms with E-state index in [1.165, 1.54) is 0 Å². The molecule has 0 saturated heterocycles. The average molecular weight is 357 g/mol. The Labute approximate surface area is 152 Å². The molecule has 0 heterocycles. The average Bonchev–Trinajstić information content (AvgIpc) is 2.61. The number of amides is 1. The zero-order valence-electron chi connectivity index (χ0n) is 15.1. The molecule has 2 N–H and O–H groups in total. The molecule has 0 radical (unpaired) electrons. The molecule has 0 spiro atoms. The van der Waals surface area contributed by atoms with Gasteiger partial charge in [-0.05, 0) is 50.1 Å². The number of hydrogen-bond acceptors (Lipinski definition) is 4. The molecule has 2 rings (SSSR count). The van der Waals surface area contributed by atoms with Gasteiger partial charge in [0.15, 0.2) is 18.1 Å². The molecule has 6 heteroatoms. The first-order chi connectivity index (χ1) is 12.4. The maximum atomic E-state index is 12.6. The minimum atomic E-state index is -1.08. The van der Waals surface area contributed by atoms with Gasteiger partial charge >= 0.3 is 5.97 Å². The van der Waals surface area contributed by atoms with Gasteiger partial charge in [-0.3, -0.25) is 4.79 Å². The summed E-state index contributed by atoms with van der Waals surface area (Å²) in [5.41, 5.74) is 2.57. The standard InChI is InChI=1S/C20H23NO5/c1-4-25-18-11-15(9-10-17(18)26-12-19(22)23)20(24)21-14(3)16-8-6-5-7-13(16)2/h5-11,14H,4,12H2,1-3H3,(H,21,24)(H,22,23). The largest absolute Gasteiger partial charge is 0.490 e. The van der Waals surface area contributed by atoms with Crippen molar-refractivity contribution >= 4 is 11.9 Å². The van der Waals surface area contributed by atoms with Crippen LogP contribution in [0.25, 0.3) is 0 Å². The summed E-state index contributed by atoms with van der Waals surface area (Å²) >= 11 is 0.